The van der Waals surface area contributed by atoms with Crippen molar-refractivity contribution in [2.45, 2.75) is 0 Å². The lowest BCUT2D eigenvalue weighted by atomic mass is 10.2. The highest BCUT2D eigenvalue weighted by atomic mass is 79.9. The Hall–Kier alpha value is -2.53. The van der Waals surface area contributed by atoms with Crippen molar-refractivity contribution in [3.63, 3.8) is 0 Å². The van der Waals surface area contributed by atoms with E-state index in [9.17, 15) is 9.59 Å². The Balaban J connectivity index is 2.00. The number of nitrogens with zero attached hydrogens (tertiary/aromatic N) is 1. The number of hydrogen-bond acceptors (Lipinski definition) is 4. The van der Waals surface area contributed by atoms with Crippen molar-refractivity contribution < 1.29 is 14.3 Å². The molecule has 9 heteroatoms. The summed E-state index contributed by atoms with van der Waals surface area (Å²) in [6, 6.07) is 9.63. The van der Waals surface area contributed by atoms with Crippen LogP contribution in [0.1, 0.15) is 5.56 Å². The van der Waals surface area contributed by atoms with Crippen LogP contribution in [0.5, 0.6) is 5.75 Å². The van der Waals surface area contributed by atoms with Gasteiger partial charge in [-0.2, -0.15) is 5.10 Å². The zero-order valence-electron chi connectivity index (χ0n) is 13.6. The molecule has 0 atom stereocenters. The van der Waals surface area contributed by atoms with Crippen molar-refractivity contribution in [3.8, 4) is 18.1 Å². The fraction of sp³-hybridized carbons (Fsp3) is 0.0556. The molecular weight excluding hydrogens is 457 g/mol. The second kappa shape index (κ2) is 9.97. The Bertz CT molecular complexity index is 942. The Morgan fingerprint density at radius 1 is 1.19 bits per heavy atom. The molecule has 0 radical (unpaired) electrons. The van der Waals surface area contributed by atoms with E-state index in [0.29, 0.717) is 22.0 Å². The highest BCUT2D eigenvalue weighted by Gasteiger charge is 2.13. The molecule has 0 unspecified atom stereocenters. The van der Waals surface area contributed by atoms with Gasteiger partial charge in [0, 0.05) is 15.7 Å². The number of anilines is 1. The van der Waals surface area contributed by atoms with E-state index < -0.39 is 11.8 Å². The van der Waals surface area contributed by atoms with Crippen LogP contribution in [0.4, 0.5) is 5.69 Å². The summed E-state index contributed by atoms with van der Waals surface area (Å²) in [5.74, 6) is 0.967. The summed E-state index contributed by atoms with van der Waals surface area (Å²) < 4.78 is 6.16. The van der Waals surface area contributed by atoms with Gasteiger partial charge in [0.2, 0.25) is 0 Å². The van der Waals surface area contributed by atoms with Crippen LogP contribution in [0.3, 0.4) is 0 Å². The molecule has 27 heavy (non-hydrogen) atoms. The van der Waals surface area contributed by atoms with Gasteiger partial charge in [-0.25, -0.2) is 5.43 Å². The van der Waals surface area contributed by atoms with E-state index in [-0.39, 0.29) is 11.6 Å². The number of hydrazone groups is 1. The molecule has 0 heterocycles. The van der Waals surface area contributed by atoms with E-state index in [2.05, 4.69) is 37.7 Å². The van der Waals surface area contributed by atoms with Crippen molar-refractivity contribution in [3.05, 3.63) is 56.5 Å². The maximum atomic E-state index is 11.9. The number of carbonyl (C=O) groups excluding carboxylic acids is 2. The van der Waals surface area contributed by atoms with Crippen molar-refractivity contribution in [1.29, 1.82) is 0 Å². The van der Waals surface area contributed by atoms with Gasteiger partial charge in [0.05, 0.1) is 16.3 Å². The predicted molar refractivity (Wildman–Crippen MR) is 109 cm³/mol. The average Bonchev–Trinajstić information content (AvgIpc) is 2.64. The van der Waals surface area contributed by atoms with Crippen molar-refractivity contribution in [2.75, 3.05) is 11.9 Å². The SMILES string of the molecule is C#CCOc1ccc(Br)cc1/C=N\NC(=O)C(=O)Nc1ccc(Cl)c(Cl)c1. The lowest BCUT2D eigenvalue weighted by Gasteiger charge is -2.07. The first-order valence-corrected chi connectivity index (χ1v) is 8.91. The summed E-state index contributed by atoms with van der Waals surface area (Å²) in [6.07, 6.45) is 6.51. The first-order valence-electron chi connectivity index (χ1n) is 7.36. The van der Waals surface area contributed by atoms with Crippen LogP contribution in [-0.4, -0.2) is 24.6 Å². The lowest BCUT2D eigenvalue weighted by Crippen LogP contribution is -2.32. The quantitative estimate of drug-likeness (QED) is 0.302. The number of halogens is 3. The van der Waals surface area contributed by atoms with Gasteiger partial charge in [-0.05, 0) is 36.4 Å². The van der Waals surface area contributed by atoms with Crippen LogP contribution in [0, 0.1) is 12.3 Å². The molecule has 2 amide bonds. The van der Waals surface area contributed by atoms with Gasteiger partial charge >= 0.3 is 11.8 Å². The minimum Gasteiger partial charge on any atom is -0.480 e. The Kier molecular flexibility index (Phi) is 7.67. The second-order valence-corrected chi connectivity index (χ2v) is 6.69. The predicted octanol–water partition coefficient (Wildman–Crippen LogP) is 3.86. The molecule has 0 aromatic heterocycles. The van der Waals surface area contributed by atoms with Crippen LogP contribution in [0.15, 0.2) is 46.0 Å². The largest absolute Gasteiger partial charge is 0.480 e. The standard InChI is InChI=1S/C18H12BrCl2N3O3/c1-2-7-27-16-6-3-12(19)8-11(16)10-22-24-18(26)17(25)23-13-4-5-14(20)15(21)9-13/h1,3-6,8-10H,7H2,(H,23,25)(H,24,26)/b22-10-. The summed E-state index contributed by atoms with van der Waals surface area (Å²) in [6.45, 7) is 0.0842. The van der Waals surface area contributed by atoms with Crippen LogP contribution < -0.4 is 15.5 Å². The fourth-order valence-electron chi connectivity index (χ4n) is 1.84. The summed E-state index contributed by atoms with van der Waals surface area (Å²) in [4.78, 5) is 23.7. The Labute approximate surface area is 174 Å². The Morgan fingerprint density at radius 2 is 1.96 bits per heavy atom. The molecule has 0 bridgehead atoms. The molecule has 6 nitrogen and oxygen atoms in total. The van der Waals surface area contributed by atoms with Crippen LogP contribution in [-0.2, 0) is 9.59 Å². The molecule has 2 aromatic carbocycles. The van der Waals surface area contributed by atoms with E-state index in [1.54, 1.807) is 18.2 Å². The number of hydrogen-bond donors (Lipinski definition) is 2. The molecule has 0 saturated heterocycles. The lowest BCUT2D eigenvalue weighted by molar-refractivity contribution is -0.136. The van der Waals surface area contributed by atoms with Crippen LogP contribution >= 0.6 is 39.1 Å². The van der Waals surface area contributed by atoms with Gasteiger partial charge in [-0.15, -0.1) is 6.42 Å². The summed E-state index contributed by atoms with van der Waals surface area (Å²) >= 11 is 15.0. The number of benzene rings is 2. The topological polar surface area (TPSA) is 79.8 Å². The molecule has 0 spiro atoms. The molecule has 0 aliphatic rings. The molecule has 0 aliphatic carbocycles. The third kappa shape index (κ3) is 6.29. The number of rotatable bonds is 5. The molecule has 2 rings (SSSR count). The number of carbonyl (C=O) groups is 2. The number of nitrogens with one attached hydrogen (secondary N) is 2. The number of ether oxygens (including phenoxy) is 1. The first-order chi connectivity index (χ1) is 12.9. The van der Waals surface area contributed by atoms with E-state index in [1.807, 2.05) is 0 Å². The molecule has 0 saturated carbocycles. The van der Waals surface area contributed by atoms with Crippen molar-refractivity contribution in [2.24, 2.45) is 5.10 Å². The maximum Gasteiger partial charge on any atom is 0.329 e. The molecule has 0 aliphatic heterocycles. The Morgan fingerprint density at radius 3 is 2.67 bits per heavy atom. The second-order valence-electron chi connectivity index (χ2n) is 4.96. The minimum atomic E-state index is -0.960. The monoisotopic (exact) mass is 467 g/mol. The van der Waals surface area contributed by atoms with Gasteiger partial charge in [0.15, 0.2) is 0 Å². The van der Waals surface area contributed by atoms with E-state index in [0.717, 1.165) is 4.47 Å². The van der Waals surface area contributed by atoms with Crippen molar-refractivity contribution in [1.82, 2.24) is 5.43 Å². The third-order valence-electron chi connectivity index (χ3n) is 3.04. The summed E-state index contributed by atoms with van der Waals surface area (Å²) in [7, 11) is 0. The molecular formula is C18H12BrCl2N3O3. The highest BCUT2D eigenvalue weighted by molar-refractivity contribution is 9.10. The number of amides is 2. The smallest absolute Gasteiger partial charge is 0.329 e. The van der Waals surface area contributed by atoms with Crippen LogP contribution in [0.25, 0.3) is 0 Å². The van der Waals surface area contributed by atoms with Gasteiger partial charge in [-0.3, -0.25) is 9.59 Å². The third-order valence-corrected chi connectivity index (χ3v) is 4.27. The summed E-state index contributed by atoms with van der Waals surface area (Å²) in [5, 5.41) is 6.73. The molecule has 2 N–H and O–H groups in total. The van der Waals surface area contributed by atoms with Crippen LogP contribution in [0.2, 0.25) is 10.0 Å². The maximum absolute atomic E-state index is 11.9. The van der Waals surface area contributed by atoms with E-state index in [4.69, 9.17) is 34.4 Å². The highest BCUT2D eigenvalue weighted by Crippen LogP contribution is 2.25. The zero-order chi connectivity index (χ0) is 19.8. The van der Waals surface area contributed by atoms with Gasteiger partial charge < -0.3 is 10.1 Å². The van der Waals surface area contributed by atoms with Gasteiger partial charge in [-0.1, -0.05) is 45.1 Å². The molecule has 138 valence electrons. The van der Waals surface area contributed by atoms with Crippen molar-refractivity contribution >= 4 is 62.8 Å². The molecule has 2 aromatic rings. The normalized spacial score (nSPS) is 10.3. The zero-order valence-corrected chi connectivity index (χ0v) is 16.7. The first kappa shape index (κ1) is 20.8. The van der Waals surface area contributed by atoms with E-state index >= 15 is 0 Å². The minimum absolute atomic E-state index is 0.0842. The van der Waals surface area contributed by atoms with Gasteiger partial charge in [0.1, 0.15) is 12.4 Å². The summed E-state index contributed by atoms with van der Waals surface area (Å²) in [5.41, 5.74) is 3.01. The number of terminal acetylenes is 1. The van der Waals surface area contributed by atoms with E-state index in [1.165, 1.54) is 24.4 Å². The average molecular weight is 469 g/mol. The fourth-order valence-corrected chi connectivity index (χ4v) is 2.52. The van der Waals surface area contributed by atoms with Gasteiger partial charge in [0.25, 0.3) is 0 Å². The molecule has 0 fully saturated rings.